The lowest BCUT2D eigenvalue weighted by Gasteiger charge is -2.35. The highest BCUT2D eigenvalue weighted by atomic mass is 32.1. The number of likely N-dealkylation sites (tertiary alicyclic amines) is 1. The molecule has 16 heteroatoms. The Bertz CT molecular complexity index is 2070. The van der Waals surface area contributed by atoms with Gasteiger partial charge in [-0.25, -0.2) is 19.6 Å². The molecule has 298 valence electrons. The summed E-state index contributed by atoms with van der Waals surface area (Å²) in [6.45, 7) is 13.1. The number of aliphatic carboxylic acids is 1. The van der Waals surface area contributed by atoms with Gasteiger partial charge < -0.3 is 40.2 Å². The Morgan fingerprint density at radius 1 is 1.12 bits per heavy atom. The van der Waals surface area contributed by atoms with Crippen LogP contribution in [-0.4, -0.2) is 93.4 Å². The van der Waals surface area contributed by atoms with Gasteiger partial charge in [0.25, 0.3) is 0 Å². The third-order valence-corrected chi connectivity index (χ3v) is 11.3. The molecule has 0 bridgehead atoms. The molecule has 5 atom stereocenters. The third-order valence-electron chi connectivity index (χ3n) is 10.5. The lowest BCUT2D eigenvalue weighted by atomic mass is 9.85. The van der Waals surface area contributed by atoms with E-state index in [-0.39, 0.29) is 37.1 Å². The highest BCUT2D eigenvalue weighted by Crippen LogP contribution is 2.45. The van der Waals surface area contributed by atoms with Crippen LogP contribution in [0.2, 0.25) is 0 Å². The van der Waals surface area contributed by atoms with E-state index in [1.54, 1.807) is 39.0 Å². The van der Waals surface area contributed by atoms with Crippen LogP contribution in [0.4, 0.5) is 9.93 Å². The molecule has 0 spiro atoms. The van der Waals surface area contributed by atoms with Crippen molar-refractivity contribution >= 4 is 51.2 Å². The van der Waals surface area contributed by atoms with Crippen LogP contribution in [0.15, 0.2) is 36.2 Å². The van der Waals surface area contributed by atoms with Crippen molar-refractivity contribution in [2.24, 2.45) is 11.3 Å². The number of anilines is 1. The van der Waals surface area contributed by atoms with Crippen molar-refractivity contribution in [2.75, 3.05) is 19.0 Å². The Morgan fingerprint density at radius 2 is 1.86 bits per heavy atom. The van der Waals surface area contributed by atoms with E-state index in [9.17, 15) is 29.5 Å². The standard InChI is InChI=1S/C40H49N7O8S/c1-8-22-17-40(22,36(50)51)46-34(48)29-15-24(19-47(29)35(49)33(39(4,5)6)45-38(52)55-23-11-9-10-12-23)54-31-16-27(28-20-56-37(44-28)42-21(2)3)43-32-25(31)13-14-30(53-7)26(32)18-41/h8,13-14,16,20-24,29,33H,1,9-12,15,17,19H2,2-7H3,(H,42,44)(H,45,52)(H,46,48)(H,50,51). The number of hydrogen-bond acceptors (Lipinski definition) is 12. The molecule has 5 unspecified atom stereocenters. The number of nitriles is 1. The van der Waals surface area contributed by atoms with Crippen LogP contribution in [0.5, 0.6) is 11.5 Å². The second-order valence-electron chi connectivity index (χ2n) is 16.0. The number of hydrogen-bond donors (Lipinski definition) is 4. The van der Waals surface area contributed by atoms with Gasteiger partial charge in [0.05, 0.1) is 24.9 Å². The Balaban J connectivity index is 1.36. The van der Waals surface area contributed by atoms with Gasteiger partial charge in [-0.15, -0.1) is 17.9 Å². The summed E-state index contributed by atoms with van der Waals surface area (Å²) in [4.78, 5) is 65.1. The van der Waals surface area contributed by atoms with Crippen LogP contribution in [0.3, 0.4) is 0 Å². The van der Waals surface area contributed by atoms with Gasteiger partial charge >= 0.3 is 12.1 Å². The molecule has 3 aliphatic rings. The summed E-state index contributed by atoms with van der Waals surface area (Å²) in [5.41, 5.74) is -0.873. The van der Waals surface area contributed by atoms with Crippen molar-refractivity contribution in [3.05, 3.63) is 41.8 Å². The van der Waals surface area contributed by atoms with Crippen molar-refractivity contribution in [1.82, 2.24) is 25.5 Å². The van der Waals surface area contributed by atoms with Gasteiger partial charge in [-0.05, 0) is 63.5 Å². The molecule has 3 aromatic rings. The summed E-state index contributed by atoms with van der Waals surface area (Å²) in [5, 5.41) is 32.1. The fourth-order valence-electron chi connectivity index (χ4n) is 7.45. The highest BCUT2D eigenvalue weighted by molar-refractivity contribution is 7.14. The normalized spacial score (nSPS) is 22.6. The Hall–Kier alpha value is -5.43. The predicted molar refractivity (Wildman–Crippen MR) is 209 cm³/mol. The average Bonchev–Trinajstić information content (AvgIpc) is 3.55. The number of amides is 3. The molecule has 3 fully saturated rings. The van der Waals surface area contributed by atoms with Crippen molar-refractivity contribution in [1.29, 1.82) is 5.26 Å². The topological polar surface area (TPSA) is 205 Å². The quantitative estimate of drug-likeness (QED) is 0.156. The zero-order chi connectivity index (χ0) is 40.5. The minimum atomic E-state index is -1.54. The molecule has 4 N–H and O–H groups in total. The molecular weight excluding hydrogens is 739 g/mol. The second kappa shape index (κ2) is 16.0. The van der Waals surface area contributed by atoms with Gasteiger partial charge in [0.1, 0.15) is 58.7 Å². The number of fused-ring (bicyclic) bond motifs is 1. The number of aromatic nitrogens is 2. The number of thiazole rings is 1. The summed E-state index contributed by atoms with van der Waals surface area (Å²) in [6, 6.07) is 5.16. The first-order chi connectivity index (χ1) is 26.6. The van der Waals surface area contributed by atoms with Crippen LogP contribution < -0.4 is 25.4 Å². The molecule has 3 amide bonds. The van der Waals surface area contributed by atoms with E-state index in [4.69, 9.17) is 24.2 Å². The van der Waals surface area contributed by atoms with Crippen LogP contribution in [0.25, 0.3) is 22.3 Å². The van der Waals surface area contributed by atoms with E-state index in [2.05, 4.69) is 28.6 Å². The number of nitrogens with one attached hydrogen (secondary N) is 3. The maximum absolute atomic E-state index is 14.6. The van der Waals surface area contributed by atoms with Crippen LogP contribution in [0.1, 0.15) is 78.7 Å². The van der Waals surface area contributed by atoms with Crippen molar-refractivity contribution in [3.8, 4) is 29.0 Å². The molecule has 3 heterocycles. The van der Waals surface area contributed by atoms with E-state index in [1.165, 1.54) is 29.4 Å². The first-order valence-electron chi connectivity index (χ1n) is 18.8. The largest absolute Gasteiger partial charge is 0.495 e. The summed E-state index contributed by atoms with van der Waals surface area (Å²) in [5.74, 6) is -2.24. The van der Waals surface area contributed by atoms with Crippen molar-refractivity contribution < 1.29 is 38.5 Å². The second-order valence-corrected chi connectivity index (χ2v) is 16.9. The monoisotopic (exact) mass is 787 g/mol. The lowest BCUT2D eigenvalue weighted by molar-refractivity contribution is -0.146. The van der Waals surface area contributed by atoms with E-state index < -0.39 is 58.9 Å². The Labute approximate surface area is 329 Å². The molecule has 1 saturated heterocycles. The molecule has 2 aliphatic carbocycles. The molecule has 6 rings (SSSR count). The summed E-state index contributed by atoms with van der Waals surface area (Å²) >= 11 is 1.40. The number of carboxylic acid groups (broad SMARTS) is 1. The van der Waals surface area contributed by atoms with Gasteiger partial charge in [0, 0.05) is 35.2 Å². The van der Waals surface area contributed by atoms with E-state index in [0.29, 0.717) is 38.9 Å². The van der Waals surface area contributed by atoms with E-state index >= 15 is 0 Å². The first kappa shape index (κ1) is 40.2. The minimum absolute atomic E-state index is 0.00498. The number of alkyl carbamates (subject to hydrolysis) is 1. The molecule has 56 heavy (non-hydrogen) atoms. The van der Waals surface area contributed by atoms with Gasteiger partial charge in [-0.3, -0.25) is 9.59 Å². The number of carbonyl (C=O) groups is 4. The number of nitrogens with zero attached hydrogens (tertiary/aromatic N) is 4. The van der Waals surface area contributed by atoms with Crippen molar-refractivity contribution in [3.63, 3.8) is 0 Å². The number of benzene rings is 1. The highest BCUT2D eigenvalue weighted by Gasteiger charge is 2.61. The maximum atomic E-state index is 14.6. The number of rotatable bonds is 13. The number of carbonyl (C=O) groups excluding carboxylic acids is 3. The summed E-state index contributed by atoms with van der Waals surface area (Å²) < 4.78 is 17.8. The molecule has 1 aromatic carbocycles. The lowest BCUT2D eigenvalue weighted by Crippen LogP contribution is -2.59. The Morgan fingerprint density at radius 3 is 2.46 bits per heavy atom. The summed E-state index contributed by atoms with van der Waals surface area (Å²) in [7, 11) is 1.46. The smallest absolute Gasteiger partial charge is 0.408 e. The number of methoxy groups -OCH3 is 1. The predicted octanol–water partition coefficient (Wildman–Crippen LogP) is 5.64. The fourth-order valence-corrected chi connectivity index (χ4v) is 8.30. The first-order valence-corrected chi connectivity index (χ1v) is 19.7. The molecular formula is C40H49N7O8S. The average molecular weight is 788 g/mol. The Kier molecular flexibility index (Phi) is 11.5. The zero-order valence-electron chi connectivity index (χ0n) is 32.5. The molecule has 2 saturated carbocycles. The van der Waals surface area contributed by atoms with Gasteiger partial charge in [0.2, 0.25) is 11.8 Å². The van der Waals surface area contributed by atoms with Crippen LogP contribution in [-0.2, 0) is 19.1 Å². The van der Waals surface area contributed by atoms with Gasteiger partial charge in [-0.2, -0.15) is 5.26 Å². The SMILES string of the molecule is C=CC1CC1(NC(=O)C1CC(Oc2cc(-c3csc(NC(C)C)n3)nc3c(C#N)c(OC)ccc23)CN1C(=O)C(NC(=O)OC1CCCC1)C(C)(C)C)C(=O)O. The van der Waals surface area contributed by atoms with Crippen LogP contribution >= 0.6 is 11.3 Å². The van der Waals surface area contributed by atoms with Gasteiger partial charge in [0.15, 0.2) is 5.13 Å². The number of pyridine rings is 1. The third kappa shape index (κ3) is 8.23. The van der Waals surface area contributed by atoms with Crippen LogP contribution in [0, 0.1) is 22.7 Å². The molecule has 15 nitrogen and oxygen atoms in total. The fraction of sp³-hybridized carbons (Fsp3) is 0.525. The zero-order valence-corrected chi connectivity index (χ0v) is 33.3. The maximum Gasteiger partial charge on any atom is 0.408 e. The number of carboxylic acids is 1. The number of ether oxygens (including phenoxy) is 3. The van der Waals surface area contributed by atoms with E-state index in [0.717, 1.165) is 25.7 Å². The van der Waals surface area contributed by atoms with Crippen molar-refractivity contribution in [2.45, 2.75) is 109 Å². The molecule has 1 aliphatic heterocycles. The summed E-state index contributed by atoms with van der Waals surface area (Å²) in [6.07, 6.45) is 3.32. The van der Waals surface area contributed by atoms with Gasteiger partial charge in [-0.1, -0.05) is 26.8 Å². The van der Waals surface area contributed by atoms with E-state index in [1.807, 2.05) is 19.2 Å². The minimum Gasteiger partial charge on any atom is -0.495 e. The molecule has 2 aromatic heterocycles. The molecule has 0 radical (unpaired) electrons.